The number of ether oxygens (including phenoxy) is 1. The average molecular weight is 387 g/mol. The third kappa shape index (κ3) is 3.66. The number of rotatable bonds is 2. The first kappa shape index (κ1) is 19.0. The number of carbonyl (C=O) groups excluding carboxylic acids is 2. The molecule has 152 valence electrons. The lowest BCUT2D eigenvalue weighted by atomic mass is 9.83. The van der Waals surface area contributed by atoms with E-state index in [1.54, 1.807) is 0 Å². The first-order chi connectivity index (χ1) is 13.5. The molecule has 3 aliphatic rings. The highest BCUT2D eigenvalue weighted by Gasteiger charge is 2.56. The predicted molar refractivity (Wildman–Crippen MR) is 106 cm³/mol. The molecule has 1 spiro atoms. The van der Waals surface area contributed by atoms with Crippen LogP contribution in [0.1, 0.15) is 13.8 Å². The fraction of sp³-hybridized carbons (Fsp3) is 0.600. The topological polar surface area (TPSA) is 77.2 Å². The number of piperazine rings is 1. The largest absolute Gasteiger partial charge is 0.378 e. The smallest absolute Gasteiger partial charge is 0.321 e. The number of fused-ring (bicyclic) bond motifs is 2. The summed E-state index contributed by atoms with van der Waals surface area (Å²) in [4.78, 5) is 31.4. The lowest BCUT2D eigenvalue weighted by Gasteiger charge is -2.63. The van der Waals surface area contributed by atoms with Gasteiger partial charge in [0.2, 0.25) is 0 Å². The summed E-state index contributed by atoms with van der Waals surface area (Å²) in [7, 11) is 0. The number of hydrogen-bond acceptors (Lipinski definition) is 4. The molecule has 1 aromatic rings. The van der Waals surface area contributed by atoms with Gasteiger partial charge >= 0.3 is 12.1 Å². The normalized spacial score (nSPS) is 23.9. The van der Waals surface area contributed by atoms with E-state index in [4.69, 9.17) is 4.74 Å². The molecule has 8 nitrogen and oxygen atoms in total. The van der Waals surface area contributed by atoms with Gasteiger partial charge in [0.25, 0.3) is 0 Å². The van der Waals surface area contributed by atoms with Crippen LogP contribution in [0.4, 0.5) is 15.3 Å². The van der Waals surface area contributed by atoms with Gasteiger partial charge in [-0.1, -0.05) is 18.2 Å². The third-order valence-corrected chi connectivity index (χ3v) is 5.74. The zero-order valence-corrected chi connectivity index (χ0v) is 16.6. The summed E-state index contributed by atoms with van der Waals surface area (Å²) in [5, 5.41) is 5.94. The second-order valence-electron chi connectivity index (χ2n) is 8.28. The molecule has 4 rings (SSSR count). The van der Waals surface area contributed by atoms with Crippen molar-refractivity contribution in [3.8, 4) is 0 Å². The van der Waals surface area contributed by atoms with Crippen LogP contribution in [0.25, 0.3) is 0 Å². The summed E-state index contributed by atoms with van der Waals surface area (Å²) in [5.74, 6) is 0. The number of likely N-dealkylation sites (tertiary alicyclic amines) is 1. The van der Waals surface area contributed by atoms with E-state index < -0.39 is 0 Å². The van der Waals surface area contributed by atoms with E-state index >= 15 is 0 Å². The van der Waals surface area contributed by atoms with Gasteiger partial charge < -0.3 is 25.2 Å². The van der Waals surface area contributed by atoms with Crippen LogP contribution in [0.15, 0.2) is 30.3 Å². The van der Waals surface area contributed by atoms with Gasteiger partial charge in [-0.3, -0.25) is 4.90 Å². The van der Waals surface area contributed by atoms with Crippen LogP contribution in [-0.4, -0.2) is 90.3 Å². The third-order valence-electron chi connectivity index (χ3n) is 5.74. The fourth-order valence-corrected chi connectivity index (χ4v) is 4.50. The lowest BCUT2D eigenvalue weighted by molar-refractivity contribution is -0.146. The molecular weight excluding hydrogens is 358 g/mol. The highest BCUT2D eigenvalue weighted by molar-refractivity contribution is 5.89. The minimum atomic E-state index is -0.185. The molecule has 1 aromatic carbocycles. The van der Waals surface area contributed by atoms with Crippen LogP contribution < -0.4 is 10.6 Å². The number of nitrogens with one attached hydrogen (secondary N) is 2. The van der Waals surface area contributed by atoms with Gasteiger partial charge in [-0.2, -0.15) is 0 Å². The van der Waals surface area contributed by atoms with E-state index in [9.17, 15) is 9.59 Å². The highest BCUT2D eigenvalue weighted by atomic mass is 16.5. The Bertz CT molecular complexity index is 720. The molecule has 0 aromatic heterocycles. The van der Waals surface area contributed by atoms with E-state index in [1.165, 1.54) is 0 Å². The Labute approximate surface area is 165 Å². The number of carbonyl (C=O) groups is 2. The molecule has 3 fully saturated rings. The van der Waals surface area contributed by atoms with Crippen molar-refractivity contribution in [2.24, 2.45) is 0 Å². The Morgan fingerprint density at radius 3 is 2.54 bits per heavy atom. The minimum Gasteiger partial charge on any atom is -0.378 e. The van der Waals surface area contributed by atoms with E-state index in [0.717, 1.165) is 12.2 Å². The highest BCUT2D eigenvalue weighted by Crippen LogP contribution is 2.36. The quantitative estimate of drug-likeness (QED) is 0.804. The summed E-state index contributed by atoms with van der Waals surface area (Å²) in [6, 6.07) is 9.65. The summed E-state index contributed by atoms with van der Waals surface area (Å²) >= 11 is 0. The summed E-state index contributed by atoms with van der Waals surface area (Å²) in [6.07, 6.45) is 0. The van der Waals surface area contributed by atoms with E-state index in [0.29, 0.717) is 39.4 Å². The number of para-hydroxylation sites is 1. The van der Waals surface area contributed by atoms with Crippen molar-refractivity contribution < 1.29 is 14.3 Å². The first-order valence-electron chi connectivity index (χ1n) is 9.98. The molecule has 2 N–H and O–H groups in total. The molecule has 0 aliphatic carbocycles. The van der Waals surface area contributed by atoms with Crippen LogP contribution in [0.2, 0.25) is 0 Å². The molecule has 3 saturated heterocycles. The Morgan fingerprint density at radius 2 is 1.82 bits per heavy atom. The maximum absolute atomic E-state index is 12.9. The van der Waals surface area contributed by atoms with Gasteiger partial charge in [0.1, 0.15) is 0 Å². The van der Waals surface area contributed by atoms with Crippen molar-refractivity contribution in [3.63, 3.8) is 0 Å². The standard InChI is InChI=1S/C20H29N5O3/c1-15(2)21-18(26)24-13-20(14-24)12-23(10-17-11-28-9-8-25(17)20)19(27)22-16-6-4-3-5-7-16/h3-7,15,17H,8-14H2,1-2H3,(H,21,26)(H,22,27)/t17-/m1/s1. The van der Waals surface area contributed by atoms with E-state index in [1.807, 2.05) is 54.0 Å². The van der Waals surface area contributed by atoms with Gasteiger partial charge in [-0.25, -0.2) is 9.59 Å². The molecule has 8 heteroatoms. The van der Waals surface area contributed by atoms with Crippen molar-refractivity contribution in [2.45, 2.75) is 31.5 Å². The lowest BCUT2D eigenvalue weighted by Crippen LogP contribution is -2.82. The summed E-state index contributed by atoms with van der Waals surface area (Å²) in [5.41, 5.74) is 0.602. The number of nitrogens with zero attached hydrogens (tertiary/aromatic N) is 3. The predicted octanol–water partition coefficient (Wildman–Crippen LogP) is 1.41. The van der Waals surface area contributed by atoms with Crippen molar-refractivity contribution in [1.29, 1.82) is 0 Å². The van der Waals surface area contributed by atoms with Crippen LogP contribution in [-0.2, 0) is 4.74 Å². The number of morpholine rings is 1. The van der Waals surface area contributed by atoms with Gasteiger partial charge in [0.15, 0.2) is 0 Å². The van der Waals surface area contributed by atoms with Crippen molar-refractivity contribution in [2.75, 3.05) is 51.3 Å². The molecule has 0 saturated carbocycles. The van der Waals surface area contributed by atoms with Gasteiger partial charge in [0.05, 0.1) is 24.8 Å². The van der Waals surface area contributed by atoms with Crippen molar-refractivity contribution >= 4 is 17.7 Å². The maximum atomic E-state index is 12.9. The van der Waals surface area contributed by atoms with Gasteiger partial charge in [-0.15, -0.1) is 0 Å². The molecule has 3 aliphatic heterocycles. The van der Waals surface area contributed by atoms with Crippen LogP contribution >= 0.6 is 0 Å². The van der Waals surface area contributed by atoms with Gasteiger partial charge in [-0.05, 0) is 26.0 Å². The monoisotopic (exact) mass is 387 g/mol. The molecule has 0 bridgehead atoms. The first-order valence-corrected chi connectivity index (χ1v) is 9.98. The van der Waals surface area contributed by atoms with Gasteiger partial charge in [0, 0.05) is 44.5 Å². The van der Waals surface area contributed by atoms with E-state index in [2.05, 4.69) is 15.5 Å². The molecule has 1 atom stereocenters. The van der Waals surface area contributed by atoms with Crippen molar-refractivity contribution in [1.82, 2.24) is 20.0 Å². The Hall–Kier alpha value is -2.32. The second-order valence-corrected chi connectivity index (χ2v) is 8.28. The van der Waals surface area contributed by atoms with Crippen LogP contribution in [0, 0.1) is 0 Å². The average Bonchev–Trinajstić information content (AvgIpc) is 2.65. The summed E-state index contributed by atoms with van der Waals surface area (Å²) < 4.78 is 5.68. The Balaban J connectivity index is 1.46. The molecule has 0 unspecified atom stereocenters. The molecule has 3 heterocycles. The SMILES string of the molecule is CC(C)NC(=O)N1CC2(CN(C(=O)Nc3ccccc3)C[C@@H]3COCCN32)C1. The molecular formula is C20H29N5O3. The molecule has 4 amide bonds. The van der Waals surface area contributed by atoms with E-state index in [-0.39, 0.29) is 29.7 Å². The zero-order valence-electron chi connectivity index (χ0n) is 16.6. The summed E-state index contributed by atoms with van der Waals surface area (Å²) in [6.45, 7) is 8.62. The number of amides is 4. The fourth-order valence-electron chi connectivity index (χ4n) is 4.50. The van der Waals surface area contributed by atoms with Crippen LogP contribution in [0.3, 0.4) is 0 Å². The number of hydrogen-bond donors (Lipinski definition) is 2. The van der Waals surface area contributed by atoms with Crippen molar-refractivity contribution in [3.05, 3.63) is 30.3 Å². The number of anilines is 1. The zero-order chi connectivity index (χ0) is 19.7. The molecule has 28 heavy (non-hydrogen) atoms. The Morgan fingerprint density at radius 1 is 1.11 bits per heavy atom. The minimum absolute atomic E-state index is 0.0312. The second kappa shape index (κ2) is 7.60. The Kier molecular flexibility index (Phi) is 5.16. The molecule has 0 radical (unpaired) electrons. The number of urea groups is 2. The maximum Gasteiger partial charge on any atom is 0.321 e. The number of benzene rings is 1. The van der Waals surface area contributed by atoms with Crippen LogP contribution in [0.5, 0.6) is 0 Å².